The highest BCUT2D eigenvalue weighted by Gasteiger charge is 2.55. The number of nitrogens with zero attached hydrogens (tertiary/aromatic N) is 4. The van der Waals surface area contributed by atoms with Gasteiger partial charge >= 0.3 is 0 Å². The van der Waals surface area contributed by atoms with Crippen LogP contribution < -0.4 is 10.2 Å². The van der Waals surface area contributed by atoms with Crippen molar-refractivity contribution in [3.63, 3.8) is 0 Å². The number of imide groups is 1. The Hall–Kier alpha value is -3.33. The van der Waals surface area contributed by atoms with Gasteiger partial charge in [-0.05, 0) is 36.4 Å². The van der Waals surface area contributed by atoms with Crippen molar-refractivity contribution in [2.75, 3.05) is 16.8 Å². The lowest BCUT2D eigenvalue weighted by Crippen LogP contribution is -2.43. The molecule has 1 saturated heterocycles. The van der Waals surface area contributed by atoms with Gasteiger partial charge < -0.3 is 5.32 Å². The number of rotatable bonds is 4. The monoisotopic (exact) mass is 401 g/mol. The van der Waals surface area contributed by atoms with Crippen molar-refractivity contribution in [3.8, 4) is 0 Å². The largest absolute Gasteiger partial charge is 0.323 e. The minimum Gasteiger partial charge on any atom is -0.323 e. The van der Waals surface area contributed by atoms with Gasteiger partial charge in [0.1, 0.15) is 12.4 Å². The Morgan fingerprint density at radius 1 is 1.11 bits per heavy atom. The summed E-state index contributed by atoms with van der Waals surface area (Å²) in [4.78, 5) is 38.6. The molecule has 2 aromatic rings. The van der Waals surface area contributed by atoms with Crippen molar-refractivity contribution in [3.05, 3.63) is 59.4 Å². The number of halogens is 2. The Morgan fingerprint density at radius 3 is 2.54 bits per heavy atom. The van der Waals surface area contributed by atoms with E-state index in [4.69, 9.17) is 11.6 Å². The number of fused-ring (bicyclic) bond motifs is 1. The Bertz CT molecular complexity index is 997. The van der Waals surface area contributed by atoms with Crippen LogP contribution in [0.3, 0.4) is 0 Å². The molecular formula is C18H13ClFN5O3. The summed E-state index contributed by atoms with van der Waals surface area (Å²) in [5.41, 5.74) is 0.657. The predicted octanol–water partition coefficient (Wildman–Crippen LogP) is 2.41. The molecule has 2 aliphatic heterocycles. The van der Waals surface area contributed by atoms with Crippen LogP contribution in [0.15, 0.2) is 58.9 Å². The zero-order valence-corrected chi connectivity index (χ0v) is 15.0. The molecule has 2 aromatic carbocycles. The van der Waals surface area contributed by atoms with Gasteiger partial charge in [0, 0.05) is 0 Å². The third kappa shape index (κ3) is 3.09. The maximum atomic E-state index is 13.1. The molecule has 0 unspecified atom stereocenters. The van der Waals surface area contributed by atoms with Crippen LogP contribution in [0.4, 0.5) is 15.8 Å². The molecular weight excluding hydrogens is 389 g/mol. The fourth-order valence-electron chi connectivity index (χ4n) is 3.10. The smallest absolute Gasteiger partial charge is 0.263 e. The average Bonchev–Trinajstić information content (AvgIpc) is 3.18. The number of anilines is 2. The average molecular weight is 402 g/mol. The van der Waals surface area contributed by atoms with Crippen molar-refractivity contribution in [2.24, 2.45) is 10.3 Å². The normalized spacial score (nSPS) is 20.6. The molecule has 28 heavy (non-hydrogen) atoms. The first-order valence-electron chi connectivity index (χ1n) is 8.31. The molecule has 3 amide bonds. The van der Waals surface area contributed by atoms with E-state index in [1.165, 1.54) is 17.1 Å². The maximum Gasteiger partial charge on any atom is 0.263 e. The van der Waals surface area contributed by atoms with E-state index in [1.54, 1.807) is 24.3 Å². The first-order valence-corrected chi connectivity index (χ1v) is 8.68. The SMILES string of the molecule is O=C(CN1N=N[C@H]2C(=O)N(c3ccc(F)cc3)C(=O)[C@H]21)Nc1ccccc1Cl. The van der Waals surface area contributed by atoms with E-state index in [0.717, 1.165) is 17.0 Å². The zero-order valence-electron chi connectivity index (χ0n) is 14.3. The molecule has 0 saturated carbocycles. The minimum atomic E-state index is -1.04. The first kappa shape index (κ1) is 18.1. The molecule has 0 bridgehead atoms. The van der Waals surface area contributed by atoms with Gasteiger partial charge in [-0.2, -0.15) is 5.11 Å². The molecule has 0 aromatic heterocycles. The highest BCUT2D eigenvalue weighted by molar-refractivity contribution is 6.33. The fraction of sp³-hybridized carbons (Fsp3) is 0.167. The summed E-state index contributed by atoms with van der Waals surface area (Å²) in [5, 5.41) is 11.8. The van der Waals surface area contributed by atoms with Crippen molar-refractivity contribution in [2.45, 2.75) is 12.1 Å². The molecule has 2 aliphatic rings. The first-order chi connectivity index (χ1) is 13.5. The van der Waals surface area contributed by atoms with Crippen LogP contribution in [0.5, 0.6) is 0 Å². The van der Waals surface area contributed by atoms with Gasteiger partial charge in [0.25, 0.3) is 11.8 Å². The number of para-hydroxylation sites is 1. The number of hydrogen-bond acceptors (Lipinski definition) is 6. The lowest BCUT2D eigenvalue weighted by atomic mass is 10.1. The van der Waals surface area contributed by atoms with Crippen molar-refractivity contribution >= 4 is 40.7 Å². The van der Waals surface area contributed by atoms with Gasteiger partial charge in [-0.25, -0.2) is 9.29 Å². The van der Waals surface area contributed by atoms with Gasteiger partial charge in [0.2, 0.25) is 5.91 Å². The van der Waals surface area contributed by atoms with Crippen molar-refractivity contribution < 1.29 is 18.8 Å². The van der Waals surface area contributed by atoms with Crippen LogP contribution in [0.2, 0.25) is 5.02 Å². The lowest BCUT2D eigenvalue weighted by molar-refractivity contribution is -0.123. The topological polar surface area (TPSA) is 94.4 Å². The Balaban J connectivity index is 1.49. The summed E-state index contributed by atoms with van der Waals surface area (Å²) in [5.74, 6) is -2.09. The second-order valence-corrected chi connectivity index (χ2v) is 6.62. The molecule has 142 valence electrons. The van der Waals surface area contributed by atoms with E-state index < -0.39 is 35.6 Å². The van der Waals surface area contributed by atoms with Gasteiger partial charge in [0.15, 0.2) is 12.1 Å². The molecule has 4 rings (SSSR count). The molecule has 0 aliphatic carbocycles. The number of hydrogen-bond donors (Lipinski definition) is 1. The number of carbonyl (C=O) groups is 3. The molecule has 0 radical (unpaired) electrons. The van der Waals surface area contributed by atoms with E-state index >= 15 is 0 Å². The summed E-state index contributed by atoms with van der Waals surface area (Å²) in [6.07, 6.45) is 0. The second kappa shape index (κ2) is 7.01. The Labute approximate surface area is 163 Å². The number of carbonyl (C=O) groups excluding carboxylic acids is 3. The highest BCUT2D eigenvalue weighted by atomic mass is 35.5. The lowest BCUT2D eigenvalue weighted by Gasteiger charge is -2.20. The van der Waals surface area contributed by atoms with Crippen LogP contribution in [-0.2, 0) is 14.4 Å². The summed E-state index contributed by atoms with van der Waals surface area (Å²) in [6.45, 7) is -0.286. The Kier molecular flexibility index (Phi) is 4.52. The van der Waals surface area contributed by atoms with E-state index in [1.807, 2.05) is 0 Å². The van der Waals surface area contributed by atoms with E-state index in [-0.39, 0.29) is 12.2 Å². The van der Waals surface area contributed by atoms with Gasteiger partial charge in [0.05, 0.1) is 16.4 Å². The Morgan fingerprint density at radius 2 is 1.82 bits per heavy atom. The minimum absolute atomic E-state index is 0.237. The molecule has 0 spiro atoms. The van der Waals surface area contributed by atoms with Crippen LogP contribution in [-0.4, -0.2) is 41.4 Å². The van der Waals surface area contributed by atoms with Crippen molar-refractivity contribution in [1.29, 1.82) is 0 Å². The second-order valence-electron chi connectivity index (χ2n) is 6.21. The zero-order chi connectivity index (χ0) is 19.8. The predicted molar refractivity (Wildman–Crippen MR) is 98.1 cm³/mol. The van der Waals surface area contributed by atoms with E-state index in [0.29, 0.717) is 10.7 Å². The fourth-order valence-corrected chi connectivity index (χ4v) is 3.28. The number of amides is 3. The molecule has 2 atom stereocenters. The summed E-state index contributed by atoms with van der Waals surface area (Å²) < 4.78 is 13.1. The standard InChI is InChI=1S/C18H13ClFN5O3/c19-12-3-1-2-4-13(12)21-14(26)9-24-16-15(22-23-24)17(27)25(18(16)28)11-7-5-10(20)6-8-11/h1-8,15-16H,9H2,(H,21,26)/t15-,16+/m1/s1. The highest BCUT2D eigenvalue weighted by Crippen LogP contribution is 2.32. The molecule has 10 heteroatoms. The van der Waals surface area contributed by atoms with Crippen LogP contribution in [0.25, 0.3) is 0 Å². The van der Waals surface area contributed by atoms with Crippen LogP contribution >= 0.6 is 11.6 Å². The summed E-state index contributed by atoms with van der Waals surface area (Å²) in [7, 11) is 0. The number of benzene rings is 2. The van der Waals surface area contributed by atoms with Crippen LogP contribution in [0.1, 0.15) is 0 Å². The van der Waals surface area contributed by atoms with Crippen molar-refractivity contribution in [1.82, 2.24) is 5.01 Å². The molecule has 8 nitrogen and oxygen atoms in total. The molecule has 2 heterocycles. The van der Waals surface area contributed by atoms with Gasteiger partial charge in [-0.15, -0.1) is 0 Å². The van der Waals surface area contributed by atoms with E-state index in [9.17, 15) is 18.8 Å². The van der Waals surface area contributed by atoms with Crippen LogP contribution in [0, 0.1) is 5.82 Å². The number of nitrogens with one attached hydrogen (secondary N) is 1. The third-order valence-corrected chi connectivity index (χ3v) is 4.73. The maximum absolute atomic E-state index is 13.1. The molecule has 1 N–H and O–H groups in total. The van der Waals surface area contributed by atoms with E-state index in [2.05, 4.69) is 15.7 Å². The van der Waals surface area contributed by atoms with Gasteiger partial charge in [-0.3, -0.25) is 19.4 Å². The summed E-state index contributed by atoms with van der Waals surface area (Å²) in [6, 6.07) is 9.62. The summed E-state index contributed by atoms with van der Waals surface area (Å²) >= 11 is 6.01. The molecule has 1 fully saturated rings. The quantitative estimate of drug-likeness (QED) is 0.796. The van der Waals surface area contributed by atoms with Gasteiger partial charge in [-0.1, -0.05) is 29.0 Å². The third-order valence-electron chi connectivity index (χ3n) is 4.40.